The summed E-state index contributed by atoms with van der Waals surface area (Å²) < 4.78 is 27.5. The van der Waals surface area contributed by atoms with Gasteiger partial charge in [-0.2, -0.15) is 9.30 Å². The Labute approximate surface area is 105 Å². The first-order valence-corrected chi connectivity index (χ1v) is 7.06. The molecule has 1 saturated heterocycles. The van der Waals surface area contributed by atoms with Gasteiger partial charge in [0.05, 0.1) is 6.33 Å². The quantitative estimate of drug-likeness (QED) is 0.582. The molecule has 0 aliphatic carbocycles. The number of isocyanates is 1. The van der Waals surface area contributed by atoms with Gasteiger partial charge in [-0.05, 0) is 19.3 Å². The Kier molecular flexibility index (Phi) is 3.60. The van der Waals surface area contributed by atoms with Crippen LogP contribution in [0.15, 0.2) is 22.5 Å². The van der Waals surface area contributed by atoms with Gasteiger partial charge in [-0.3, -0.25) is 0 Å². The van der Waals surface area contributed by atoms with Crippen LogP contribution in [0.2, 0.25) is 0 Å². The number of hydrogen-bond acceptors (Lipinski definition) is 5. The van der Waals surface area contributed by atoms with Crippen molar-refractivity contribution in [2.75, 3.05) is 6.54 Å². The molecule has 2 rings (SSSR count). The van der Waals surface area contributed by atoms with Gasteiger partial charge in [-0.15, -0.1) is 0 Å². The number of imidazole rings is 1. The second-order valence-electron chi connectivity index (χ2n) is 4.19. The molecule has 1 aliphatic heterocycles. The van der Waals surface area contributed by atoms with E-state index < -0.39 is 16.2 Å². The molecule has 0 spiro atoms. The zero-order valence-corrected chi connectivity index (χ0v) is 10.8. The van der Waals surface area contributed by atoms with Crippen molar-refractivity contribution in [1.82, 2.24) is 13.9 Å². The number of hydrogen-bond donors (Lipinski definition) is 0. The smallest absolute Gasteiger partial charge is 0.263 e. The van der Waals surface area contributed by atoms with Gasteiger partial charge in [0.15, 0.2) is 5.03 Å². The summed E-state index contributed by atoms with van der Waals surface area (Å²) in [6, 6.07) is 0. The Bertz CT molecular complexity index is 574. The van der Waals surface area contributed by atoms with E-state index in [1.54, 1.807) is 11.6 Å². The number of sulfonamides is 1. The van der Waals surface area contributed by atoms with Crippen molar-refractivity contribution in [1.29, 1.82) is 0 Å². The molecular weight excluding hydrogens is 256 g/mol. The van der Waals surface area contributed by atoms with Crippen molar-refractivity contribution in [2.24, 2.45) is 12.0 Å². The lowest BCUT2D eigenvalue weighted by molar-refractivity contribution is 0.259. The first kappa shape index (κ1) is 12.9. The summed E-state index contributed by atoms with van der Waals surface area (Å²) in [4.78, 5) is 17.8. The maximum Gasteiger partial charge on any atom is 0.263 e. The summed E-state index contributed by atoms with van der Waals surface area (Å²) in [6.45, 7) is 0.356. The van der Waals surface area contributed by atoms with Crippen LogP contribution in [-0.2, 0) is 21.9 Å². The second kappa shape index (κ2) is 5.01. The largest absolute Gasteiger partial charge is 0.339 e. The molecule has 7 nitrogen and oxygen atoms in total. The maximum atomic E-state index is 12.3. The topological polar surface area (TPSA) is 84.6 Å². The fraction of sp³-hybridized carbons (Fsp3) is 0.600. The SMILES string of the molecule is Cn1cnc(S(=O)(=O)N2CCCCC2N=C=O)c1. The molecule has 0 saturated carbocycles. The van der Waals surface area contributed by atoms with Crippen LogP contribution < -0.4 is 0 Å². The van der Waals surface area contributed by atoms with E-state index in [4.69, 9.17) is 0 Å². The van der Waals surface area contributed by atoms with Gasteiger partial charge in [0.25, 0.3) is 10.0 Å². The fourth-order valence-electron chi connectivity index (χ4n) is 2.00. The molecule has 2 heterocycles. The van der Waals surface area contributed by atoms with E-state index in [-0.39, 0.29) is 5.03 Å². The van der Waals surface area contributed by atoms with Crippen LogP contribution in [0.4, 0.5) is 0 Å². The minimum atomic E-state index is -3.68. The lowest BCUT2D eigenvalue weighted by Crippen LogP contribution is -2.42. The molecule has 98 valence electrons. The number of aryl methyl sites for hydroxylation is 1. The summed E-state index contributed by atoms with van der Waals surface area (Å²) in [6.07, 6.45) is 5.81. The Morgan fingerprint density at radius 3 is 2.89 bits per heavy atom. The van der Waals surface area contributed by atoms with Gasteiger partial charge < -0.3 is 4.57 Å². The Balaban J connectivity index is 2.35. The zero-order chi connectivity index (χ0) is 13.2. The highest BCUT2D eigenvalue weighted by molar-refractivity contribution is 7.89. The minimum absolute atomic E-state index is 0.0157. The van der Waals surface area contributed by atoms with Crippen LogP contribution in [-0.4, -0.2) is 41.1 Å². The lowest BCUT2D eigenvalue weighted by atomic mass is 10.1. The van der Waals surface area contributed by atoms with Crippen molar-refractivity contribution in [3.8, 4) is 0 Å². The predicted molar refractivity (Wildman–Crippen MR) is 62.9 cm³/mol. The highest BCUT2D eigenvalue weighted by Gasteiger charge is 2.34. The number of aromatic nitrogens is 2. The van der Waals surface area contributed by atoms with Crippen LogP contribution in [0, 0.1) is 0 Å². The van der Waals surface area contributed by atoms with E-state index in [2.05, 4.69) is 9.98 Å². The molecule has 0 amide bonds. The van der Waals surface area contributed by atoms with Crippen LogP contribution in [0.25, 0.3) is 0 Å². The average Bonchev–Trinajstić information content (AvgIpc) is 2.78. The van der Waals surface area contributed by atoms with E-state index in [1.807, 2.05) is 0 Å². The van der Waals surface area contributed by atoms with Gasteiger partial charge in [-0.1, -0.05) is 0 Å². The van der Waals surface area contributed by atoms with E-state index in [0.29, 0.717) is 13.0 Å². The van der Waals surface area contributed by atoms with Gasteiger partial charge >= 0.3 is 0 Å². The van der Waals surface area contributed by atoms with Crippen molar-refractivity contribution < 1.29 is 13.2 Å². The minimum Gasteiger partial charge on any atom is -0.339 e. The number of piperidine rings is 1. The molecule has 1 unspecified atom stereocenters. The lowest BCUT2D eigenvalue weighted by Gasteiger charge is -2.30. The molecule has 18 heavy (non-hydrogen) atoms. The van der Waals surface area contributed by atoms with Crippen molar-refractivity contribution in [2.45, 2.75) is 30.5 Å². The standard InChI is InChI=1S/C10H14N4O3S/c1-13-6-10(11-7-13)18(16,17)14-5-3-2-4-9(14)12-8-15/h6-7,9H,2-5H2,1H3. The Hall–Kier alpha value is -1.50. The third-order valence-corrected chi connectivity index (χ3v) is 4.66. The summed E-state index contributed by atoms with van der Waals surface area (Å²) in [5, 5.41) is -0.0157. The highest BCUT2D eigenvalue weighted by atomic mass is 32.2. The zero-order valence-electron chi connectivity index (χ0n) is 9.98. The average molecular weight is 270 g/mol. The number of carbonyl (C=O) groups excluding carboxylic acids is 1. The Morgan fingerprint density at radius 1 is 1.50 bits per heavy atom. The molecular formula is C10H14N4O3S. The molecule has 8 heteroatoms. The van der Waals surface area contributed by atoms with Crippen molar-refractivity contribution in [3.05, 3.63) is 12.5 Å². The highest BCUT2D eigenvalue weighted by Crippen LogP contribution is 2.24. The summed E-state index contributed by atoms with van der Waals surface area (Å²) >= 11 is 0. The normalized spacial score (nSPS) is 21.5. The molecule has 1 fully saturated rings. The van der Waals surface area contributed by atoms with E-state index in [0.717, 1.165) is 12.8 Å². The first-order chi connectivity index (χ1) is 8.55. The molecule has 1 aliphatic rings. The number of nitrogens with zero attached hydrogens (tertiary/aromatic N) is 4. The van der Waals surface area contributed by atoms with Crippen molar-refractivity contribution in [3.63, 3.8) is 0 Å². The van der Waals surface area contributed by atoms with Crippen molar-refractivity contribution >= 4 is 16.1 Å². The molecule has 1 aromatic heterocycles. The molecule has 1 atom stereocenters. The van der Waals surface area contributed by atoms with Gasteiger partial charge in [-0.25, -0.2) is 18.2 Å². The predicted octanol–water partition coefficient (Wildman–Crippen LogP) is 0.257. The van der Waals surface area contributed by atoms with Crippen LogP contribution in [0.5, 0.6) is 0 Å². The second-order valence-corrected chi connectivity index (χ2v) is 6.03. The summed E-state index contributed by atoms with van der Waals surface area (Å²) in [5.41, 5.74) is 0. The number of aliphatic imine (C=N–C) groups is 1. The van der Waals surface area contributed by atoms with E-state index in [9.17, 15) is 13.2 Å². The van der Waals surface area contributed by atoms with Gasteiger partial charge in [0, 0.05) is 19.8 Å². The Morgan fingerprint density at radius 2 is 2.28 bits per heavy atom. The van der Waals surface area contributed by atoms with Crippen LogP contribution >= 0.6 is 0 Å². The molecule has 0 N–H and O–H groups in total. The number of rotatable bonds is 3. The van der Waals surface area contributed by atoms with E-state index >= 15 is 0 Å². The molecule has 0 bridgehead atoms. The summed E-state index contributed by atoms with van der Waals surface area (Å²) in [7, 11) is -1.99. The fourth-order valence-corrected chi connectivity index (χ4v) is 3.56. The summed E-state index contributed by atoms with van der Waals surface area (Å²) in [5.74, 6) is 0. The molecule has 0 aromatic carbocycles. The maximum absolute atomic E-state index is 12.3. The third-order valence-electron chi connectivity index (χ3n) is 2.88. The van der Waals surface area contributed by atoms with Crippen LogP contribution in [0.3, 0.4) is 0 Å². The molecule has 1 aromatic rings. The first-order valence-electron chi connectivity index (χ1n) is 5.62. The molecule has 0 radical (unpaired) electrons. The third kappa shape index (κ3) is 2.35. The van der Waals surface area contributed by atoms with Gasteiger partial charge in [0.1, 0.15) is 6.17 Å². The van der Waals surface area contributed by atoms with E-state index in [1.165, 1.54) is 22.9 Å². The van der Waals surface area contributed by atoms with Crippen LogP contribution in [0.1, 0.15) is 19.3 Å². The monoisotopic (exact) mass is 270 g/mol. The van der Waals surface area contributed by atoms with Gasteiger partial charge in [0.2, 0.25) is 6.08 Å².